The smallest absolute Gasteiger partial charge is 0.248 e. The zero-order valence-electron chi connectivity index (χ0n) is 9.51. The molecule has 4 heteroatoms. The molecule has 1 amide bonds. The Bertz CT molecular complexity index is 591. The van der Waals surface area contributed by atoms with Gasteiger partial charge >= 0.3 is 0 Å². The van der Waals surface area contributed by atoms with Crippen LogP contribution in [0, 0.1) is 0 Å². The third kappa shape index (κ3) is 3.18. The Morgan fingerprint density at radius 3 is 2.56 bits per heavy atom. The van der Waals surface area contributed by atoms with Gasteiger partial charge in [0.2, 0.25) is 5.91 Å². The van der Waals surface area contributed by atoms with Gasteiger partial charge in [0.15, 0.2) is 0 Å². The molecule has 0 aliphatic heterocycles. The molecule has 1 heterocycles. The van der Waals surface area contributed by atoms with E-state index in [2.05, 4.69) is 4.98 Å². The number of rotatable bonds is 3. The summed E-state index contributed by atoms with van der Waals surface area (Å²) in [6.45, 7) is 0. The van der Waals surface area contributed by atoms with Crippen LogP contribution in [0.2, 0.25) is 5.02 Å². The molecule has 0 saturated carbocycles. The van der Waals surface area contributed by atoms with Gasteiger partial charge in [-0.2, -0.15) is 0 Å². The summed E-state index contributed by atoms with van der Waals surface area (Å²) >= 11 is 5.80. The van der Waals surface area contributed by atoms with Crippen LogP contribution in [-0.4, -0.2) is 10.9 Å². The minimum atomic E-state index is -0.460. The molecule has 1 aromatic carbocycles. The summed E-state index contributed by atoms with van der Waals surface area (Å²) in [6, 6.07) is 10.7. The normalized spacial score (nSPS) is 10.7. The van der Waals surface area contributed by atoms with Crippen molar-refractivity contribution in [2.45, 2.75) is 0 Å². The van der Waals surface area contributed by atoms with Crippen LogP contribution in [0.4, 0.5) is 0 Å². The van der Waals surface area contributed by atoms with Crippen molar-refractivity contribution in [2.24, 2.45) is 5.73 Å². The van der Waals surface area contributed by atoms with Crippen molar-refractivity contribution in [1.82, 2.24) is 4.98 Å². The summed E-state index contributed by atoms with van der Waals surface area (Å²) < 4.78 is 0. The summed E-state index contributed by atoms with van der Waals surface area (Å²) in [4.78, 5) is 15.2. The second-order valence-corrected chi connectivity index (χ2v) is 4.15. The second-order valence-electron chi connectivity index (χ2n) is 3.72. The number of carbonyl (C=O) groups is 1. The van der Waals surface area contributed by atoms with Crippen LogP contribution >= 0.6 is 11.6 Å². The average molecular weight is 259 g/mol. The fourth-order valence-electron chi connectivity index (χ4n) is 1.45. The standard InChI is InChI=1S/C14H11ClN2O/c15-12-4-1-10(2-5-12)3-6-13-9-11(14(16)18)7-8-17-13/h1-9H,(H2,16,18)/b6-3+. The zero-order valence-corrected chi connectivity index (χ0v) is 10.3. The minimum absolute atomic E-state index is 0.445. The fraction of sp³-hybridized carbons (Fsp3) is 0. The van der Waals surface area contributed by atoms with Crippen LogP contribution in [0.25, 0.3) is 12.2 Å². The Balaban J connectivity index is 2.20. The number of carbonyl (C=O) groups excluding carboxylic acids is 1. The summed E-state index contributed by atoms with van der Waals surface area (Å²) in [7, 11) is 0. The quantitative estimate of drug-likeness (QED) is 0.920. The van der Waals surface area contributed by atoms with Gasteiger partial charge in [-0.05, 0) is 35.9 Å². The minimum Gasteiger partial charge on any atom is -0.366 e. The van der Waals surface area contributed by atoms with Gasteiger partial charge in [-0.25, -0.2) is 0 Å². The van der Waals surface area contributed by atoms with Gasteiger partial charge in [0, 0.05) is 16.8 Å². The van der Waals surface area contributed by atoms with Crippen LogP contribution in [0.1, 0.15) is 21.6 Å². The molecule has 2 rings (SSSR count). The van der Waals surface area contributed by atoms with Crippen molar-refractivity contribution < 1.29 is 4.79 Å². The monoisotopic (exact) mass is 258 g/mol. The average Bonchev–Trinajstić information content (AvgIpc) is 2.38. The number of primary amides is 1. The van der Waals surface area contributed by atoms with Crippen LogP contribution in [0.5, 0.6) is 0 Å². The van der Waals surface area contributed by atoms with Gasteiger partial charge in [-0.15, -0.1) is 0 Å². The van der Waals surface area contributed by atoms with Crippen molar-refractivity contribution in [1.29, 1.82) is 0 Å². The second kappa shape index (κ2) is 5.47. The van der Waals surface area contributed by atoms with Crippen LogP contribution in [-0.2, 0) is 0 Å². The van der Waals surface area contributed by atoms with Crippen molar-refractivity contribution >= 4 is 29.7 Å². The van der Waals surface area contributed by atoms with E-state index in [4.69, 9.17) is 17.3 Å². The Labute approximate surface area is 110 Å². The summed E-state index contributed by atoms with van der Waals surface area (Å²) in [5.74, 6) is -0.460. The Hall–Kier alpha value is -2.13. The molecule has 0 spiro atoms. The van der Waals surface area contributed by atoms with Crippen molar-refractivity contribution in [3.63, 3.8) is 0 Å². The fourth-order valence-corrected chi connectivity index (χ4v) is 1.57. The molecular weight excluding hydrogens is 248 g/mol. The van der Waals surface area contributed by atoms with Crippen LogP contribution < -0.4 is 5.73 Å². The third-order valence-electron chi connectivity index (χ3n) is 2.38. The number of amides is 1. The summed E-state index contributed by atoms with van der Waals surface area (Å²) in [5, 5.41) is 0.695. The number of nitrogens with two attached hydrogens (primary N) is 1. The zero-order chi connectivity index (χ0) is 13.0. The molecule has 2 aromatic rings. The van der Waals surface area contributed by atoms with Gasteiger partial charge in [-0.3, -0.25) is 9.78 Å². The first kappa shape index (κ1) is 12.3. The van der Waals surface area contributed by atoms with Crippen molar-refractivity contribution in [2.75, 3.05) is 0 Å². The maximum Gasteiger partial charge on any atom is 0.248 e. The number of hydrogen-bond acceptors (Lipinski definition) is 2. The Kier molecular flexibility index (Phi) is 3.75. The first-order valence-electron chi connectivity index (χ1n) is 5.34. The SMILES string of the molecule is NC(=O)c1ccnc(/C=C/c2ccc(Cl)cc2)c1. The third-order valence-corrected chi connectivity index (χ3v) is 2.63. The predicted molar refractivity (Wildman–Crippen MR) is 73.1 cm³/mol. The highest BCUT2D eigenvalue weighted by Gasteiger charge is 1.99. The number of aromatic nitrogens is 1. The molecule has 0 aliphatic rings. The maximum atomic E-state index is 11.0. The molecule has 3 nitrogen and oxygen atoms in total. The van der Waals surface area contributed by atoms with E-state index in [9.17, 15) is 4.79 Å². The van der Waals surface area contributed by atoms with E-state index in [-0.39, 0.29) is 0 Å². The Morgan fingerprint density at radius 2 is 1.89 bits per heavy atom. The molecule has 18 heavy (non-hydrogen) atoms. The highest BCUT2D eigenvalue weighted by molar-refractivity contribution is 6.30. The van der Waals surface area contributed by atoms with Crippen LogP contribution in [0.15, 0.2) is 42.6 Å². The molecular formula is C14H11ClN2O. The highest BCUT2D eigenvalue weighted by atomic mass is 35.5. The number of pyridine rings is 1. The lowest BCUT2D eigenvalue weighted by Crippen LogP contribution is -2.10. The molecule has 0 fully saturated rings. The van der Waals surface area contributed by atoms with E-state index in [1.54, 1.807) is 18.3 Å². The first-order valence-corrected chi connectivity index (χ1v) is 5.72. The molecule has 0 atom stereocenters. The lowest BCUT2D eigenvalue weighted by Gasteiger charge is -1.97. The van der Waals surface area contributed by atoms with Crippen LogP contribution in [0.3, 0.4) is 0 Å². The first-order chi connectivity index (χ1) is 8.65. The van der Waals surface area contributed by atoms with Gasteiger partial charge < -0.3 is 5.73 Å². The lowest BCUT2D eigenvalue weighted by molar-refractivity contribution is 0.1000. The molecule has 2 N–H and O–H groups in total. The van der Waals surface area contributed by atoms with Gasteiger partial charge in [0.05, 0.1) is 5.69 Å². The summed E-state index contributed by atoms with van der Waals surface area (Å²) in [6.07, 6.45) is 5.26. The lowest BCUT2D eigenvalue weighted by atomic mass is 10.1. The predicted octanol–water partition coefficient (Wildman–Crippen LogP) is 3.00. The van der Waals surface area contributed by atoms with Gasteiger partial charge in [0.25, 0.3) is 0 Å². The van der Waals surface area contributed by atoms with E-state index in [0.717, 1.165) is 5.56 Å². The maximum absolute atomic E-state index is 11.0. The Morgan fingerprint density at radius 1 is 1.17 bits per heavy atom. The number of nitrogens with zero attached hydrogens (tertiary/aromatic N) is 1. The van der Waals surface area contributed by atoms with E-state index < -0.39 is 5.91 Å². The molecule has 0 saturated heterocycles. The molecule has 1 aromatic heterocycles. The highest BCUT2D eigenvalue weighted by Crippen LogP contribution is 2.12. The van der Waals surface area contributed by atoms with Gasteiger partial charge in [-0.1, -0.05) is 29.8 Å². The molecule has 0 unspecified atom stereocenters. The molecule has 0 aliphatic carbocycles. The number of halogens is 1. The largest absolute Gasteiger partial charge is 0.366 e. The van der Waals surface area contributed by atoms with E-state index in [0.29, 0.717) is 16.3 Å². The number of hydrogen-bond donors (Lipinski definition) is 1. The topological polar surface area (TPSA) is 56.0 Å². The van der Waals surface area contributed by atoms with E-state index in [1.165, 1.54) is 0 Å². The van der Waals surface area contributed by atoms with E-state index in [1.807, 2.05) is 36.4 Å². The van der Waals surface area contributed by atoms with Crippen molar-refractivity contribution in [3.8, 4) is 0 Å². The molecule has 90 valence electrons. The van der Waals surface area contributed by atoms with Gasteiger partial charge in [0.1, 0.15) is 0 Å². The van der Waals surface area contributed by atoms with Crippen molar-refractivity contribution in [3.05, 3.63) is 64.4 Å². The molecule has 0 radical (unpaired) electrons. The molecule has 0 bridgehead atoms. The summed E-state index contributed by atoms with van der Waals surface area (Å²) in [5.41, 5.74) is 7.33. The van der Waals surface area contributed by atoms with E-state index >= 15 is 0 Å². The number of benzene rings is 1.